The van der Waals surface area contributed by atoms with Crippen molar-refractivity contribution in [3.63, 3.8) is 0 Å². The molecule has 3 heterocycles. The van der Waals surface area contributed by atoms with E-state index < -0.39 is 0 Å². The number of nitrogens with one attached hydrogen (secondary N) is 1. The maximum Gasteiger partial charge on any atom is 0.185 e. The molecule has 0 amide bonds. The van der Waals surface area contributed by atoms with Gasteiger partial charge in [0.15, 0.2) is 11.5 Å². The van der Waals surface area contributed by atoms with Crippen molar-refractivity contribution < 1.29 is 0 Å². The largest absolute Gasteiger partial charge is 0.360 e. The Balaban J connectivity index is 1.41. The quantitative estimate of drug-likeness (QED) is 0.500. The van der Waals surface area contributed by atoms with Crippen molar-refractivity contribution in [2.24, 2.45) is 0 Å². The van der Waals surface area contributed by atoms with E-state index in [0.717, 1.165) is 16.9 Å². The lowest BCUT2D eigenvalue weighted by Crippen LogP contribution is -2.10. The standard InChI is InChI=1S/C21H18N8/c1-15(18-14-28(27-23-18)17-10-6-3-7-11-17)22-19-12-13-20-24-25-21(29(20)26-19)16-8-4-2-5-9-16/h2-15H,1H3,(H,22,26). The average Bonchev–Trinajstić information content (AvgIpc) is 3.42. The van der Waals surface area contributed by atoms with Crippen LogP contribution >= 0.6 is 0 Å². The van der Waals surface area contributed by atoms with Gasteiger partial charge in [0.2, 0.25) is 0 Å². The normalized spacial score (nSPS) is 12.2. The van der Waals surface area contributed by atoms with Gasteiger partial charge in [-0.1, -0.05) is 53.7 Å². The van der Waals surface area contributed by atoms with E-state index in [2.05, 4.69) is 30.9 Å². The third-order valence-electron chi connectivity index (χ3n) is 4.63. The van der Waals surface area contributed by atoms with Gasteiger partial charge in [-0.25, -0.2) is 4.68 Å². The molecule has 2 aromatic carbocycles. The lowest BCUT2D eigenvalue weighted by molar-refractivity contribution is 0.776. The molecule has 8 heteroatoms. The Kier molecular flexibility index (Phi) is 4.21. The van der Waals surface area contributed by atoms with Crippen LogP contribution in [-0.4, -0.2) is 34.8 Å². The van der Waals surface area contributed by atoms with E-state index in [4.69, 9.17) is 0 Å². The Bertz CT molecular complexity index is 1240. The molecule has 0 aliphatic rings. The molecule has 0 bridgehead atoms. The van der Waals surface area contributed by atoms with Gasteiger partial charge in [0.1, 0.15) is 11.5 Å². The summed E-state index contributed by atoms with van der Waals surface area (Å²) in [6.07, 6.45) is 1.92. The van der Waals surface area contributed by atoms with Gasteiger partial charge in [0, 0.05) is 5.56 Å². The summed E-state index contributed by atoms with van der Waals surface area (Å²) in [4.78, 5) is 0. The number of rotatable bonds is 5. The third-order valence-corrected chi connectivity index (χ3v) is 4.63. The molecular weight excluding hydrogens is 364 g/mol. The van der Waals surface area contributed by atoms with Crippen LogP contribution in [0.4, 0.5) is 5.82 Å². The zero-order valence-corrected chi connectivity index (χ0v) is 15.7. The van der Waals surface area contributed by atoms with Gasteiger partial charge in [-0.3, -0.25) is 0 Å². The van der Waals surface area contributed by atoms with Crippen molar-refractivity contribution >= 4 is 11.5 Å². The predicted molar refractivity (Wildman–Crippen MR) is 110 cm³/mol. The van der Waals surface area contributed by atoms with Crippen LogP contribution in [0, 0.1) is 0 Å². The molecule has 0 aliphatic carbocycles. The van der Waals surface area contributed by atoms with Gasteiger partial charge in [-0.15, -0.1) is 20.4 Å². The van der Waals surface area contributed by atoms with E-state index in [1.165, 1.54) is 0 Å². The molecule has 0 saturated heterocycles. The Morgan fingerprint density at radius 2 is 1.59 bits per heavy atom. The van der Waals surface area contributed by atoms with E-state index in [1.54, 1.807) is 9.20 Å². The number of para-hydroxylation sites is 1. The molecule has 0 radical (unpaired) electrons. The highest BCUT2D eigenvalue weighted by Gasteiger charge is 2.14. The SMILES string of the molecule is CC(Nc1ccc2nnc(-c3ccccc3)n2n1)c1cn(-c2ccccc2)nn1. The van der Waals surface area contributed by atoms with Crippen molar-refractivity contribution in [3.05, 3.63) is 84.7 Å². The number of fused-ring (bicyclic) bond motifs is 1. The molecule has 0 saturated carbocycles. The molecule has 5 rings (SSSR count). The summed E-state index contributed by atoms with van der Waals surface area (Å²) in [5.74, 6) is 1.41. The Hall–Kier alpha value is -4.07. The first-order valence-corrected chi connectivity index (χ1v) is 9.30. The average molecular weight is 382 g/mol. The van der Waals surface area contributed by atoms with Crippen LogP contribution in [0.25, 0.3) is 22.7 Å². The number of aromatic nitrogens is 7. The van der Waals surface area contributed by atoms with Crippen LogP contribution in [-0.2, 0) is 0 Å². The topological polar surface area (TPSA) is 85.8 Å². The van der Waals surface area contributed by atoms with Crippen LogP contribution in [0.2, 0.25) is 0 Å². The van der Waals surface area contributed by atoms with Gasteiger partial charge >= 0.3 is 0 Å². The molecule has 0 spiro atoms. The van der Waals surface area contributed by atoms with E-state index in [-0.39, 0.29) is 6.04 Å². The summed E-state index contributed by atoms with van der Waals surface area (Å²) >= 11 is 0. The molecule has 1 unspecified atom stereocenters. The first kappa shape index (κ1) is 17.1. The first-order chi connectivity index (χ1) is 14.3. The molecule has 8 nitrogen and oxygen atoms in total. The lowest BCUT2D eigenvalue weighted by Gasteiger charge is -2.11. The minimum atomic E-state index is -0.0749. The zero-order valence-electron chi connectivity index (χ0n) is 15.7. The number of hydrogen-bond acceptors (Lipinski definition) is 6. The number of hydrogen-bond donors (Lipinski definition) is 1. The highest BCUT2D eigenvalue weighted by molar-refractivity contribution is 5.59. The van der Waals surface area contributed by atoms with Gasteiger partial charge in [-0.2, -0.15) is 4.52 Å². The van der Waals surface area contributed by atoms with Gasteiger partial charge in [0.05, 0.1) is 17.9 Å². The van der Waals surface area contributed by atoms with Crippen LogP contribution in [0.5, 0.6) is 0 Å². The first-order valence-electron chi connectivity index (χ1n) is 9.30. The molecule has 1 N–H and O–H groups in total. The maximum absolute atomic E-state index is 4.67. The second-order valence-corrected chi connectivity index (χ2v) is 6.67. The van der Waals surface area contributed by atoms with Crippen molar-refractivity contribution in [2.75, 3.05) is 5.32 Å². The molecule has 0 aliphatic heterocycles. The molecule has 1 atom stereocenters. The predicted octanol–water partition coefficient (Wildman–Crippen LogP) is 3.55. The summed E-state index contributed by atoms with van der Waals surface area (Å²) in [6.45, 7) is 2.02. The summed E-state index contributed by atoms with van der Waals surface area (Å²) in [7, 11) is 0. The van der Waals surface area contributed by atoms with Gasteiger partial charge in [0.25, 0.3) is 0 Å². The van der Waals surface area contributed by atoms with Crippen LogP contribution in [0.3, 0.4) is 0 Å². The van der Waals surface area contributed by atoms with Crippen LogP contribution in [0.15, 0.2) is 79.0 Å². The third kappa shape index (κ3) is 3.31. The van der Waals surface area contributed by atoms with Crippen molar-refractivity contribution in [1.82, 2.24) is 34.8 Å². The lowest BCUT2D eigenvalue weighted by atomic mass is 10.2. The second kappa shape index (κ2) is 7.16. The van der Waals surface area contributed by atoms with Gasteiger partial charge in [-0.05, 0) is 31.2 Å². The summed E-state index contributed by atoms with van der Waals surface area (Å²) in [5.41, 5.74) is 3.44. The monoisotopic (exact) mass is 382 g/mol. The summed E-state index contributed by atoms with van der Waals surface area (Å²) in [6, 6.07) is 23.5. The van der Waals surface area contributed by atoms with Gasteiger partial charge < -0.3 is 5.32 Å². The molecular formula is C21H18N8. The number of benzene rings is 2. The molecule has 142 valence electrons. The van der Waals surface area contributed by atoms with E-state index in [1.807, 2.05) is 85.9 Å². The molecule has 5 aromatic rings. The van der Waals surface area contributed by atoms with E-state index in [9.17, 15) is 0 Å². The highest BCUT2D eigenvalue weighted by atomic mass is 15.4. The number of anilines is 1. The van der Waals surface area contributed by atoms with Crippen LogP contribution < -0.4 is 5.32 Å². The zero-order chi connectivity index (χ0) is 19.6. The highest BCUT2D eigenvalue weighted by Crippen LogP contribution is 2.20. The molecule has 3 aromatic heterocycles. The van der Waals surface area contributed by atoms with E-state index >= 15 is 0 Å². The van der Waals surface area contributed by atoms with Crippen molar-refractivity contribution in [3.8, 4) is 17.1 Å². The fraction of sp³-hybridized carbons (Fsp3) is 0.0952. The Labute approximate surface area is 166 Å². The molecule has 0 fully saturated rings. The van der Waals surface area contributed by atoms with E-state index in [0.29, 0.717) is 17.3 Å². The fourth-order valence-electron chi connectivity index (χ4n) is 3.11. The minimum absolute atomic E-state index is 0.0749. The summed E-state index contributed by atoms with van der Waals surface area (Å²) in [5, 5.41) is 25.1. The summed E-state index contributed by atoms with van der Waals surface area (Å²) < 4.78 is 3.50. The smallest absolute Gasteiger partial charge is 0.185 e. The van der Waals surface area contributed by atoms with Crippen molar-refractivity contribution in [1.29, 1.82) is 0 Å². The molecule has 29 heavy (non-hydrogen) atoms. The number of nitrogens with zero attached hydrogens (tertiary/aromatic N) is 7. The Morgan fingerprint density at radius 1 is 0.828 bits per heavy atom. The van der Waals surface area contributed by atoms with Crippen LogP contribution in [0.1, 0.15) is 18.7 Å². The second-order valence-electron chi connectivity index (χ2n) is 6.67. The van der Waals surface area contributed by atoms with Crippen molar-refractivity contribution in [2.45, 2.75) is 13.0 Å². The Morgan fingerprint density at radius 3 is 2.38 bits per heavy atom. The fourth-order valence-corrected chi connectivity index (χ4v) is 3.11. The minimum Gasteiger partial charge on any atom is -0.360 e. The maximum atomic E-state index is 4.67.